The second-order valence-electron chi connectivity index (χ2n) is 8.08. The SMILES string of the molecule is C=CCC[C@]12CCCC[C@H]1C(=O)C[C@H](CCCCCC)N2C(=O)C(F)(F)F. The van der Waals surface area contributed by atoms with Crippen molar-refractivity contribution in [1.82, 2.24) is 4.90 Å². The lowest BCUT2D eigenvalue weighted by atomic mass is 9.63. The molecule has 0 aromatic rings. The zero-order valence-electron chi connectivity index (χ0n) is 16.3. The van der Waals surface area contributed by atoms with E-state index in [1.54, 1.807) is 6.08 Å². The number of carbonyl (C=O) groups excluding carboxylic acids is 2. The molecule has 1 saturated heterocycles. The van der Waals surface area contributed by atoms with Crippen molar-refractivity contribution in [3.05, 3.63) is 12.7 Å². The van der Waals surface area contributed by atoms with E-state index in [0.29, 0.717) is 32.1 Å². The van der Waals surface area contributed by atoms with Gasteiger partial charge in [0.1, 0.15) is 5.78 Å². The van der Waals surface area contributed by atoms with Crippen molar-refractivity contribution in [2.45, 2.75) is 102 Å². The molecule has 2 rings (SSSR count). The van der Waals surface area contributed by atoms with E-state index in [2.05, 4.69) is 13.5 Å². The number of alkyl halides is 3. The third kappa shape index (κ3) is 4.75. The van der Waals surface area contributed by atoms with E-state index < -0.39 is 29.6 Å². The van der Waals surface area contributed by atoms with E-state index in [0.717, 1.165) is 43.4 Å². The molecule has 1 saturated carbocycles. The van der Waals surface area contributed by atoms with E-state index >= 15 is 0 Å². The second-order valence-corrected chi connectivity index (χ2v) is 8.08. The first kappa shape index (κ1) is 22.0. The summed E-state index contributed by atoms with van der Waals surface area (Å²) >= 11 is 0. The Morgan fingerprint density at radius 2 is 2.04 bits per heavy atom. The number of allylic oxidation sites excluding steroid dienone is 1. The van der Waals surface area contributed by atoms with E-state index in [9.17, 15) is 22.8 Å². The van der Waals surface area contributed by atoms with Gasteiger partial charge in [0.15, 0.2) is 0 Å². The maximum atomic E-state index is 13.5. The van der Waals surface area contributed by atoms with E-state index in [-0.39, 0.29) is 12.2 Å². The number of hydrogen-bond donors (Lipinski definition) is 0. The van der Waals surface area contributed by atoms with E-state index in [4.69, 9.17) is 0 Å². The van der Waals surface area contributed by atoms with Crippen LogP contribution in [0.4, 0.5) is 13.2 Å². The summed E-state index contributed by atoms with van der Waals surface area (Å²) < 4.78 is 40.5. The number of rotatable bonds is 8. The van der Waals surface area contributed by atoms with Gasteiger partial charge in [0.2, 0.25) is 0 Å². The fraction of sp³-hybridized carbons (Fsp3) is 0.810. The Bertz CT molecular complexity index is 546. The Morgan fingerprint density at radius 3 is 2.67 bits per heavy atom. The van der Waals surface area contributed by atoms with Crippen LogP contribution in [0.2, 0.25) is 0 Å². The van der Waals surface area contributed by atoms with Gasteiger partial charge in [-0.25, -0.2) is 0 Å². The topological polar surface area (TPSA) is 37.4 Å². The summed E-state index contributed by atoms with van der Waals surface area (Å²) in [5.74, 6) is -2.18. The monoisotopic (exact) mass is 387 g/mol. The number of piperidine rings is 1. The van der Waals surface area contributed by atoms with Gasteiger partial charge in [-0.3, -0.25) is 9.59 Å². The van der Waals surface area contributed by atoms with Crippen LogP contribution in [0, 0.1) is 5.92 Å². The second kappa shape index (κ2) is 9.24. The molecule has 27 heavy (non-hydrogen) atoms. The number of Topliss-reactive ketones (excluding diaryl/α,β-unsaturated/α-hetero) is 1. The lowest BCUT2D eigenvalue weighted by molar-refractivity contribution is -0.204. The molecule has 154 valence electrons. The number of ketones is 1. The minimum Gasteiger partial charge on any atom is -0.325 e. The third-order valence-electron chi connectivity index (χ3n) is 6.31. The third-order valence-corrected chi connectivity index (χ3v) is 6.31. The van der Waals surface area contributed by atoms with Crippen molar-refractivity contribution in [2.75, 3.05) is 0 Å². The Balaban J connectivity index is 2.39. The number of carbonyl (C=O) groups is 2. The van der Waals surface area contributed by atoms with Crippen LogP contribution in [0.15, 0.2) is 12.7 Å². The Labute approximate surface area is 160 Å². The number of unbranched alkanes of at least 4 members (excludes halogenated alkanes) is 3. The van der Waals surface area contributed by atoms with Gasteiger partial charge in [-0.15, -0.1) is 6.58 Å². The van der Waals surface area contributed by atoms with Crippen molar-refractivity contribution in [2.24, 2.45) is 5.92 Å². The van der Waals surface area contributed by atoms with Gasteiger partial charge < -0.3 is 4.90 Å². The number of amides is 1. The van der Waals surface area contributed by atoms with Crippen molar-refractivity contribution in [3.8, 4) is 0 Å². The minimum absolute atomic E-state index is 0.0467. The summed E-state index contributed by atoms with van der Waals surface area (Å²) in [5.41, 5.74) is -0.996. The molecular weight excluding hydrogens is 355 g/mol. The maximum Gasteiger partial charge on any atom is 0.471 e. The molecule has 3 nitrogen and oxygen atoms in total. The molecule has 2 aliphatic rings. The molecular formula is C21H32F3NO2. The van der Waals surface area contributed by atoms with Crippen molar-refractivity contribution in [1.29, 1.82) is 0 Å². The summed E-state index contributed by atoms with van der Waals surface area (Å²) in [7, 11) is 0. The predicted molar refractivity (Wildman–Crippen MR) is 99.2 cm³/mol. The molecule has 0 aromatic heterocycles. The van der Waals surface area contributed by atoms with Gasteiger partial charge in [-0.2, -0.15) is 13.2 Å². The van der Waals surface area contributed by atoms with Gasteiger partial charge in [0.05, 0.1) is 5.54 Å². The molecule has 0 aromatic carbocycles. The highest BCUT2D eigenvalue weighted by atomic mass is 19.4. The fourth-order valence-corrected chi connectivity index (χ4v) is 5.12. The predicted octanol–water partition coefficient (Wildman–Crippen LogP) is 5.58. The fourth-order valence-electron chi connectivity index (χ4n) is 5.12. The Kier molecular flexibility index (Phi) is 7.52. The molecule has 0 unspecified atom stereocenters. The van der Waals surface area contributed by atoms with Crippen LogP contribution in [-0.2, 0) is 9.59 Å². The molecule has 0 spiro atoms. The van der Waals surface area contributed by atoms with Gasteiger partial charge in [0.25, 0.3) is 0 Å². The largest absolute Gasteiger partial charge is 0.471 e. The highest BCUT2D eigenvalue weighted by Crippen LogP contribution is 2.49. The molecule has 1 aliphatic heterocycles. The smallest absolute Gasteiger partial charge is 0.325 e. The van der Waals surface area contributed by atoms with Gasteiger partial charge in [0, 0.05) is 18.4 Å². The van der Waals surface area contributed by atoms with Gasteiger partial charge in [-0.1, -0.05) is 51.5 Å². The van der Waals surface area contributed by atoms with Crippen LogP contribution in [0.1, 0.15) is 84.0 Å². The minimum atomic E-state index is -4.91. The van der Waals surface area contributed by atoms with Crippen LogP contribution in [0.25, 0.3) is 0 Å². The number of nitrogens with zero attached hydrogens (tertiary/aromatic N) is 1. The van der Waals surface area contributed by atoms with Gasteiger partial charge >= 0.3 is 12.1 Å². The molecule has 3 atom stereocenters. The first-order valence-corrected chi connectivity index (χ1v) is 10.3. The lowest BCUT2D eigenvalue weighted by Gasteiger charge is -2.57. The molecule has 6 heteroatoms. The normalized spacial score (nSPS) is 28.7. The van der Waals surface area contributed by atoms with Gasteiger partial charge in [-0.05, 0) is 32.1 Å². The van der Waals surface area contributed by atoms with Crippen molar-refractivity contribution < 1.29 is 22.8 Å². The average Bonchev–Trinajstić information content (AvgIpc) is 2.62. The summed E-state index contributed by atoms with van der Waals surface area (Å²) in [6.07, 6.45) is 4.54. The first-order valence-electron chi connectivity index (χ1n) is 10.3. The zero-order chi connectivity index (χ0) is 20.1. The Morgan fingerprint density at radius 1 is 1.30 bits per heavy atom. The molecule has 1 aliphatic carbocycles. The molecule has 1 heterocycles. The molecule has 0 radical (unpaired) electrons. The molecule has 1 amide bonds. The van der Waals surface area contributed by atoms with Crippen LogP contribution >= 0.6 is 0 Å². The zero-order valence-corrected chi connectivity index (χ0v) is 16.3. The van der Waals surface area contributed by atoms with E-state index in [1.807, 2.05) is 0 Å². The molecule has 0 N–H and O–H groups in total. The van der Waals surface area contributed by atoms with Crippen LogP contribution < -0.4 is 0 Å². The summed E-state index contributed by atoms with van der Waals surface area (Å²) in [4.78, 5) is 26.5. The summed E-state index contributed by atoms with van der Waals surface area (Å²) in [6.45, 7) is 5.77. The standard InChI is InChI=1S/C21H32F3NO2/c1-3-5-7-8-11-16-15-18(26)17-12-9-10-14-20(17,13-6-4-2)25(16)19(27)21(22,23)24/h4,16-17H,2-3,5-15H2,1H3/t16-,17-,20-/m0/s1. The first-order chi connectivity index (χ1) is 12.8. The number of halogens is 3. The number of likely N-dealkylation sites (tertiary alicyclic amines) is 1. The number of fused-ring (bicyclic) bond motifs is 1. The Hall–Kier alpha value is -1.33. The quantitative estimate of drug-likeness (QED) is 0.402. The van der Waals surface area contributed by atoms with Crippen molar-refractivity contribution >= 4 is 11.7 Å². The van der Waals surface area contributed by atoms with Crippen LogP contribution in [-0.4, -0.2) is 34.3 Å². The number of hydrogen-bond acceptors (Lipinski definition) is 2. The maximum absolute atomic E-state index is 13.5. The lowest BCUT2D eigenvalue weighted by Crippen LogP contribution is -2.68. The van der Waals surface area contributed by atoms with Crippen LogP contribution in [0.3, 0.4) is 0 Å². The summed E-state index contributed by atoms with van der Waals surface area (Å²) in [6, 6.07) is -0.636. The molecule has 0 bridgehead atoms. The highest BCUT2D eigenvalue weighted by molar-refractivity contribution is 5.90. The average molecular weight is 387 g/mol. The van der Waals surface area contributed by atoms with Crippen LogP contribution in [0.5, 0.6) is 0 Å². The summed E-state index contributed by atoms with van der Waals surface area (Å²) in [5, 5.41) is 0. The van der Waals surface area contributed by atoms with Crippen molar-refractivity contribution in [3.63, 3.8) is 0 Å². The van der Waals surface area contributed by atoms with E-state index in [1.165, 1.54) is 0 Å². The highest BCUT2D eigenvalue weighted by Gasteiger charge is 2.59. The molecule has 2 fully saturated rings.